The molecule has 1 fully saturated rings. The Labute approximate surface area is 198 Å². The largest absolute Gasteiger partial charge is 0.489 e. The molecule has 176 valence electrons. The zero-order chi connectivity index (χ0) is 24.2. The van der Waals surface area contributed by atoms with E-state index in [1.165, 1.54) is 14.2 Å². The summed E-state index contributed by atoms with van der Waals surface area (Å²) in [5.74, 6) is -0.953. The molecular formula is C27H27NO6. The summed E-state index contributed by atoms with van der Waals surface area (Å²) in [4.78, 5) is 40.9. The van der Waals surface area contributed by atoms with Crippen LogP contribution in [-0.4, -0.2) is 62.9 Å². The van der Waals surface area contributed by atoms with Crippen LogP contribution in [0.15, 0.2) is 71.2 Å². The van der Waals surface area contributed by atoms with Gasteiger partial charge in [-0.25, -0.2) is 0 Å². The number of carbonyl (C=O) groups is 3. The summed E-state index contributed by atoms with van der Waals surface area (Å²) in [5.41, 5.74) is 3.77. The van der Waals surface area contributed by atoms with E-state index < -0.39 is 0 Å². The molecule has 0 spiro atoms. The first-order valence-electron chi connectivity index (χ1n) is 11.1. The van der Waals surface area contributed by atoms with Crippen LogP contribution in [0.3, 0.4) is 0 Å². The van der Waals surface area contributed by atoms with E-state index in [1.54, 1.807) is 17.9 Å². The van der Waals surface area contributed by atoms with E-state index in [4.69, 9.17) is 14.2 Å². The molecule has 1 aliphatic carbocycles. The summed E-state index contributed by atoms with van der Waals surface area (Å²) >= 11 is 0. The lowest BCUT2D eigenvalue weighted by molar-refractivity contribution is -0.121. The summed E-state index contributed by atoms with van der Waals surface area (Å²) in [6, 6.07) is 15.2. The number of Topliss-reactive ketones (excluding diaryl/α,β-unsaturated/α-hetero) is 2. The molecule has 0 aromatic heterocycles. The summed E-state index contributed by atoms with van der Waals surface area (Å²) in [6.45, 7) is 3.76. The van der Waals surface area contributed by atoms with Crippen LogP contribution in [0, 0.1) is 0 Å². The van der Waals surface area contributed by atoms with E-state index in [0.29, 0.717) is 43.0 Å². The van der Waals surface area contributed by atoms with Crippen LogP contribution in [0.1, 0.15) is 22.8 Å². The Hall–Kier alpha value is -3.71. The number of morpholine rings is 1. The Morgan fingerprint density at radius 1 is 0.941 bits per heavy atom. The number of ketones is 2. The van der Waals surface area contributed by atoms with Gasteiger partial charge in [-0.1, -0.05) is 42.5 Å². The van der Waals surface area contributed by atoms with Crippen molar-refractivity contribution >= 4 is 17.5 Å². The Bertz CT molecular complexity index is 1190. The predicted octanol–water partition coefficient (Wildman–Crippen LogP) is 3.34. The van der Waals surface area contributed by atoms with Gasteiger partial charge in [0.25, 0.3) is 5.91 Å². The van der Waals surface area contributed by atoms with Crippen LogP contribution < -0.4 is 0 Å². The highest BCUT2D eigenvalue weighted by Crippen LogP contribution is 2.31. The number of benzene rings is 2. The fourth-order valence-corrected chi connectivity index (χ4v) is 4.29. The molecule has 0 bridgehead atoms. The Balaban J connectivity index is 1.73. The molecule has 34 heavy (non-hydrogen) atoms. The van der Waals surface area contributed by atoms with Gasteiger partial charge in [0.15, 0.2) is 0 Å². The number of carbonyl (C=O) groups excluding carboxylic acids is 3. The lowest BCUT2D eigenvalue weighted by atomic mass is 9.87. The van der Waals surface area contributed by atoms with Crippen molar-refractivity contribution in [2.24, 2.45) is 0 Å². The third-order valence-electron chi connectivity index (χ3n) is 6.17. The van der Waals surface area contributed by atoms with Crippen LogP contribution in [0.4, 0.5) is 0 Å². The standard InChI is InChI=1S/C27H27NO6/c1-17-21(24(30)26(33-3)25(32-2)23(17)29)15-18-9-10-20(27(31)28-11-13-34-14-12-28)22(16-18)19-7-5-4-6-8-19/h4-10,16H,11-15H2,1-3H3. The van der Waals surface area contributed by atoms with E-state index >= 15 is 0 Å². The highest BCUT2D eigenvalue weighted by molar-refractivity contribution is 6.23. The second-order valence-electron chi connectivity index (χ2n) is 8.16. The van der Waals surface area contributed by atoms with Gasteiger partial charge < -0.3 is 19.1 Å². The maximum atomic E-state index is 13.3. The lowest BCUT2D eigenvalue weighted by Crippen LogP contribution is -2.40. The molecule has 0 saturated carbocycles. The quantitative estimate of drug-likeness (QED) is 0.614. The van der Waals surface area contributed by atoms with E-state index in [-0.39, 0.29) is 35.4 Å². The minimum absolute atomic E-state index is 0.0534. The summed E-state index contributed by atoms with van der Waals surface area (Å²) in [7, 11) is 2.69. The number of nitrogens with zero attached hydrogens (tertiary/aromatic N) is 1. The zero-order valence-corrected chi connectivity index (χ0v) is 19.6. The Kier molecular flexibility index (Phi) is 6.93. The average Bonchev–Trinajstić information content (AvgIpc) is 2.89. The Morgan fingerprint density at radius 2 is 1.59 bits per heavy atom. The van der Waals surface area contributed by atoms with Crippen molar-refractivity contribution in [2.75, 3.05) is 40.5 Å². The van der Waals surface area contributed by atoms with E-state index in [2.05, 4.69) is 0 Å². The molecule has 2 aromatic carbocycles. The minimum Gasteiger partial charge on any atom is -0.489 e. The van der Waals surface area contributed by atoms with Crippen molar-refractivity contribution in [1.82, 2.24) is 4.90 Å². The monoisotopic (exact) mass is 461 g/mol. The zero-order valence-electron chi connectivity index (χ0n) is 19.6. The first kappa shape index (κ1) is 23.4. The van der Waals surface area contributed by atoms with E-state index in [1.807, 2.05) is 42.5 Å². The van der Waals surface area contributed by atoms with Gasteiger partial charge in [-0.15, -0.1) is 0 Å². The number of hydrogen-bond donors (Lipinski definition) is 0. The van der Waals surface area contributed by atoms with Crippen molar-refractivity contribution in [1.29, 1.82) is 0 Å². The third kappa shape index (κ3) is 4.39. The van der Waals surface area contributed by atoms with Crippen LogP contribution in [0.2, 0.25) is 0 Å². The van der Waals surface area contributed by atoms with Crippen LogP contribution >= 0.6 is 0 Å². The predicted molar refractivity (Wildman–Crippen MR) is 126 cm³/mol. The number of ether oxygens (including phenoxy) is 3. The second kappa shape index (κ2) is 10.1. The van der Waals surface area contributed by atoms with Crippen LogP contribution in [0.25, 0.3) is 11.1 Å². The summed E-state index contributed by atoms with van der Waals surface area (Å²) in [6.07, 6.45) is 0.228. The number of rotatable bonds is 6. The number of hydrogen-bond acceptors (Lipinski definition) is 6. The molecule has 2 aromatic rings. The van der Waals surface area contributed by atoms with Gasteiger partial charge in [-0.2, -0.15) is 0 Å². The highest BCUT2D eigenvalue weighted by Gasteiger charge is 2.34. The fraction of sp³-hybridized carbons (Fsp3) is 0.296. The van der Waals surface area contributed by atoms with Crippen molar-refractivity contribution in [3.63, 3.8) is 0 Å². The molecular weight excluding hydrogens is 434 g/mol. The highest BCUT2D eigenvalue weighted by atomic mass is 16.5. The van der Waals surface area contributed by atoms with Crippen molar-refractivity contribution in [2.45, 2.75) is 13.3 Å². The molecule has 7 heteroatoms. The number of allylic oxidation sites excluding steroid dienone is 2. The normalized spacial score (nSPS) is 16.7. The molecule has 1 saturated heterocycles. The third-order valence-corrected chi connectivity index (χ3v) is 6.17. The summed E-state index contributed by atoms with van der Waals surface area (Å²) in [5, 5.41) is 0. The average molecular weight is 462 g/mol. The van der Waals surface area contributed by atoms with Crippen molar-refractivity contribution in [3.8, 4) is 11.1 Å². The molecule has 1 amide bonds. The van der Waals surface area contributed by atoms with Crippen LogP contribution in [0.5, 0.6) is 0 Å². The molecule has 0 unspecified atom stereocenters. The topological polar surface area (TPSA) is 82.1 Å². The molecule has 0 radical (unpaired) electrons. The van der Waals surface area contributed by atoms with Gasteiger partial charge >= 0.3 is 0 Å². The first-order chi connectivity index (χ1) is 16.5. The molecule has 4 rings (SSSR count). The maximum absolute atomic E-state index is 13.3. The number of methoxy groups -OCH3 is 2. The van der Waals surface area contributed by atoms with Gasteiger partial charge in [0, 0.05) is 36.2 Å². The second-order valence-corrected chi connectivity index (χ2v) is 8.16. The molecule has 1 heterocycles. The Morgan fingerprint density at radius 3 is 2.24 bits per heavy atom. The molecule has 1 aliphatic heterocycles. The first-order valence-corrected chi connectivity index (χ1v) is 11.1. The van der Waals surface area contributed by atoms with E-state index in [0.717, 1.165) is 16.7 Å². The molecule has 2 aliphatic rings. The van der Waals surface area contributed by atoms with Gasteiger partial charge in [0.1, 0.15) is 0 Å². The van der Waals surface area contributed by atoms with Crippen LogP contribution in [-0.2, 0) is 30.2 Å². The molecule has 0 N–H and O–H groups in total. The SMILES string of the molecule is COC1=C(OC)C(=O)C(Cc2ccc(C(=O)N3CCOCC3)c(-c3ccccc3)c2)=C(C)C1=O. The molecule has 7 nitrogen and oxygen atoms in total. The smallest absolute Gasteiger partial charge is 0.254 e. The van der Waals surface area contributed by atoms with E-state index in [9.17, 15) is 14.4 Å². The van der Waals surface area contributed by atoms with Gasteiger partial charge in [0.05, 0.1) is 27.4 Å². The summed E-state index contributed by atoms with van der Waals surface area (Å²) < 4.78 is 15.7. The van der Waals surface area contributed by atoms with Gasteiger partial charge in [-0.3, -0.25) is 14.4 Å². The van der Waals surface area contributed by atoms with Gasteiger partial charge in [0.2, 0.25) is 23.1 Å². The maximum Gasteiger partial charge on any atom is 0.254 e. The molecule has 0 atom stereocenters. The van der Waals surface area contributed by atoms with Crippen molar-refractivity contribution < 1.29 is 28.6 Å². The van der Waals surface area contributed by atoms with Gasteiger partial charge in [-0.05, 0) is 29.7 Å². The van der Waals surface area contributed by atoms with Crippen molar-refractivity contribution in [3.05, 3.63) is 82.3 Å². The fourth-order valence-electron chi connectivity index (χ4n) is 4.29. The number of amides is 1. The minimum atomic E-state index is -0.369. The lowest BCUT2D eigenvalue weighted by Gasteiger charge is -2.28.